The van der Waals surface area contributed by atoms with Gasteiger partial charge in [-0.05, 0) is 35.9 Å². The molecule has 10 heteroatoms. The van der Waals surface area contributed by atoms with Gasteiger partial charge in [0.1, 0.15) is 5.75 Å². The maximum Gasteiger partial charge on any atom is 0.263 e. The molecule has 1 heterocycles. The first kappa shape index (κ1) is 23.8. The van der Waals surface area contributed by atoms with Crippen molar-refractivity contribution >= 4 is 40.9 Å². The van der Waals surface area contributed by atoms with E-state index in [0.29, 0.717) is 10.8 Å². The highest BCUT2D eigenvalue weighted by atomic mass is 35.5. The Morgan fingerprint density at radius 3 is 2.38 bits per heavy atom. The normalized spacial score (nSPS) is 15.6. The molecule has 1 unspecified atom stereocenters. The van der Waals surface area contributed by atoms with E-state index in [0.717, 1.165) is 5.56 Å². The molecular formula is C22H24Cl2N4O4. The van der Waals surface area contributed by atoms with Crippen molar-refractivity contribution in [1.82, 2.24) is 15.1 Å². The topological polar surface area (TPSA) is 105 Å². The molecule has 1 fully saturated rings. The van der Waals surface area contributed by atoms with Crippen LogP contribution in [0.2, 0.25) is 10.0 Å². The van der Waals surface area contributed by atoms with Gasteiger partial charge >= 0.3 is 0 Å². The molecule has 1 aliphatic heterocycles. The van der Waals surface area contributed by atoms with Crippen molar-refractivity contribution in [2.75, 3.05) is 33.3 Å². The molecule has 0 radical (unpaired) electrons. The predicted octanol–water partition coefficient (Wildman–Crippen LogP) is 1.93. The van der Waals surface area contributed by atoms with Crippen molar-refractivity contribution in [2.45, 2.75) is 12.6 Å². The smallest absolute Gasteiger partial charge is 0.263 e. The third-order valence-corrected chi connectivity index (χ3v) is 5.85. The number of nitrogens with one attached hydrogen (secondary N) is 1. The molecule has 0 aliphatic carbocycles. The zero-order chi connectivity index (χ0) is 23.3. The van der Waals surface area contributed by atoms with Crippen LogP contribution in [-0.2, 0) is 16.0 Å². The molecule has 3 amide bonds. The van der Waals surface area contributed by atoms with Crippen LogP contribution in [0, 0.1) is 0 Å². The number of nitrogens with two attached hydrogens (primary N) is 1. The number of hydrogen-bond acceptors (Lipinski definition) is 5. The standard InChI is InChI=1S/C22H24Cl2N4O4/c1-32-16-5-2-14(3-6-16)12-19(29)27-10-11-28(21(27)20(30)26-9-8-25)22(31)15-4-7-17(23)18(24)13-15/h2-7,13,21H,8-12,25H2,1H3,(H,26,30). The van der Waals surface area contributed by atoms with Crippen molar-refractivity contribution < 1.29 is 19.1 Å². The van der Waals surface area contributed by atoms with Crippen LogP contribution in [0.3, 0.4) is 0 Å². The van der Waals surface area contributed by atoms with Crippen LogP contribution in [0.25, 0.3) is 0 Å². The SMILES string of the molecule is COc1ccc(CC(=O)N2CCN(C(=O)c3ccc(Cl)c(Cl)c3)C2C(=O)NCCN)cc1. The second-order valence-electron chi connectivity index (χ2n) is 7.19. The summed E-state index contributed by atoms with van der Waals surface area (Å²) < 4.78 is 5.14. The molecule has 0 bridgehead atoms. The summed E-state index contributed by atoms with van der Waals surface area (Å²) >= 11 is 12.0. The van der Waals surface area contributed by atoms with E-state index in [-0.39, 0.29) is 49.1 Å². The lowest BCUT2D eigenvalue weighted by Gasteiger charge is -2.29. The van der Waals surface area contributed by atoms with Gasteiger partial charge in [0.2, 0.25) is 5.91 Å². The van der Waals surface area contributed by atoms with Crippen molar-refractivity contribution in [3.63, 3.8) is 0 Å². The molecule has 0 spiro atoms. The lowest BCUT2D eigenvalue weighted by Crippen LogP contribution is -2.54. The Morgan fingerprint density at radius 1 is 1.06 bits per heavy atom. The summed E-state index contributed by atoms with van der Waals surface area (Å²) in [6.45, 7) is 0.889. The van der Waals surface area contributed by atoms with E-state index in [1.165, 1.54) is 28.0 Å². The first-order chi connectivity index (χ1) is 15.3. The van der Waals surface area contributed by atoms with Crippen LogP contribution in [0.5, 0.6) is 5.75 Å². The highest BCUT2D eigenvalue weighted by molar-refractivity contribution is 6.42. The third-order valence-electron chi connectivity index (χ3n) is 5.11. The molecule has 3 N–H and O–H groups in total. The number of hydrogen-bond donors (Lipinski definition) is 2. The van der Waals surface area contributed by atoms with Crippen LogP contribution in [0.4, 0.5) is 0 Å². The molecule has 0 aromatic heterocycles. The van der Waals surface area contributed by atoms with E-state index < -0.39 is 18.0 Å². The summed E-state index contributed by atoms with van der Waals surface area (Å²) in [4.78, 5) is 41.9. The Bertz CT molecular complexity index is 1000. The fourth-order valence-electron chi connectivity index (χ4n) is 3.49. The number of carbonyl (C=O) groups excluding carboxylic acids is 3. The maximum absolute atomic E-state index is 13.2. The summed E-state index contributed by atoms with van der Waals surface area (Å²) in [5.74, 6) is -0.479. The Hall–Kier alpha value is -2.81. The second kappa shape index (κ2) is 10.7. The molecule has 8 nitrogen and oxygen atoms in total. The number of halogens is 2. The van der Waals surface area contributed by atoms with Crippen LogP contribution < -0.4 is 15.8 Å². The summed E-state index contributed by atoms with van der Waals surface area (Å²) in [6, 6.07) is 11.6. The van der Waals surface area contributed by atoms with E-state index in [4.69, 9.17) is 33.7 Å². The van der Waals surface area contributed by atoms with E-state index in [9.17, 15) is 14.4 Å². The van der Waals surface area contributed by atoms with Gasteiger partial charge in [0.05, 0.1) is 23.6 Å². The van der Waals surface area contributed by atoms with E-state index in [1.807, 2.05) is 0 Å². The van der Waals surface area contributed by atoms with Gasteiger partial charge in [-0.2, -0.15) is 0 Å². The summed E-state index contributed by atoms with van der Waals surface area (Å²) in [5, 5.41) is 3.23. The van der Waals surface area contributed by atoms with Gasteiger partial charge in [-0.1, -0.05) is 35.3 Å². The van der Waals surface area contributed by atoms with Crippen LogP contribution >= 0.6 is 23.2 Å². The van der Waals surface area contributed by atoms with Gasteiger partial charge in [0.15, 0.2) is 6.17 Å². The van der Waals surface area contributed by atoms with Gasteiger partial charge in [-0.3, -0.25) is 14.4 Å². The fourth-order valence-corrected chi connectivity index (χ4v) is 3.78. The molecule has 2 aromatic rings. The van der Waals surface area contributed by atoms with Gasteiger partial charge in [0.25, 0.3) is 11.8 Å². The Kier molecular flexibility index (Phi) is 7.95. The largest absolute Gasteiger partial charge is 0.497 e. The molecule has 170 valence electrons. The first-order valence-corrected chi connectivity index (χ1v) is 10.8. The summed E-state index contributed by atoms with van der Waals surface area (Å²) in [7, 11) is 1.56. The van der Waals surface area contributed by atoms with Gasteiger partial charge < -0.3 is 25.6 Å². The Morgan fingerprint density at radius 2 is 1.75 bits per heavy atom. The van der Waals surface area contributed by atoms with E-state index >= 15 is 0 Å². The molecule has 1 atom stereocenters. The molecule has 1 saturated heterocycles. The number of nitrogens with zero attached hydrogens (tertiary/aromatic N) is 2. The number of ether oxygens (including phenoxy) is 1. The van der Waals surface area contributed by atoms with Crippen LogP contribution in [-0.4, -0.2) is 67.0 Å². The Labute approximate surface area is 196 Å². The van der Waals surface area contributed by atoms with Crippen LogP contribution in [0.1, 0.15) is 15.9 Å². The molecule has 0 saturated carbocycles. The number of carbonyl (C=O) groups is 3. The monoisotopic (exact) mass is 478 g/mol. The number of amides is 3. The number of methoxy groups -OCH3 is 1. The average Bonchev–Trinajstić information content (AvgIpc) is 3.24. The third kappa shape index (κ3) is 5.32. The maximum atomic E-state index is 13.2. The zero-order valence-corrected chi connectivity index (χ0v) is 19.0. The quantitative estimate of drug-likeness (QED) is 0.632. The zero-order valence-electron chi connectivity index (χ0n) is 17.5. The Balaban J connectivity index is 1.83. The fraction of sp³-hybridized carbons (Fsp3) is 0.318. The van der Waals surface area contributed by atoms with Crippen molar-refractivity contribution in [3.8, 4) is 5.75 Å². The summed E-state index contributed by atoms with van der Waals surface area (Å²) in [5.41, 5.74) is 6.55. The molecule has 2 aromatic carbocycles. The molecular weight excluding hydrogens is 455 g/mol. The van der Waals surface area contributed by atoms with Gasteiger partial charge in [0, 0.05) is 31.7 Å². The van der Waals surface area contributed by atoms with E-state index in [2.05, 4.69) is 5.32 Å². The molecule has 1 aliphatic rings. The van der Waals surface area contributed by atoms with Crippen molar-refractivity contribution in [3.05, 3.63) is 63.6 Å². The average molecular weight is 479 g/mol. The van der Waals surface area contributed by atoms with Crippen molar-refractivity contribution in [1.29, 1.82) is 0 Å². The lowest BCUT2D eigenvalue weighted by atomic mass is 10.1. The first-order valence-electron chi connectivity index (χ1n) is 10.0. The second-order valence-corrected chi connectivity index (χ2v) is 8.01. The van der Waals surface area contributed by atoms with E-state index in [1.54, 1.807) is 31.4 Å². The summed E-state index contributed by atoms with van der Waals surface area (Å²) in [6.07, 6.45) is -1.01. The number of rotatable bonds is 7. The molecule has 3 rings (SSSR count). The number of benzene rings is 2. The van der Waals surface area contributed by atoms with Gasteiger partial charge in [-0.25, -0.2) is 0 Å². The van der Waals surface area contributed by atoms with Crippen molar-refractivity contribution in [2.24, 2.45) is 5.73 Å². The lowest BCUT2D eigenvalue weighted by molar-refractivity contribution is -0.140. The minimum absolute atomic E-state index is 0.0828. The highest BCUT2D eigenvalue weighted by Crippen LogP contribution is 2.26. The highest BCUT2D eigenvalue weighted by Gasteiger charge is 2.42. The minimum Gasteiger partial charge on any atom is -0.497 e. The predicted molar refractivity (Wildman–Crippen MR) is 122 cm³/mol. The van der Waals surface area contributed by atoms with Crippen LogP contribution in [0.15, 0.2) is 42.5 Å². The molecule has 32 heavy (non-hydrogen) atoms. The van der Waals surface area contributed by atoms with Gasteiger partial charge in [-0.15, -0.1) is 0 Å². The minimum atomic E-state index is -1.09.